The third-order valence-corrected chi connectivity index (χ3v) is 6.34. The fourth-order valence-electron chi connectivity index (χ4n) is 4.44. The van der Waals surface area contributed by atoms with E-state index in [1.54, 1.807) is 0 Å². The monoisotopic (exact) mass is 538 g/mol. The van der Waals surface area contributed by atoms with Crippen molar-refractivity contribution in [3.63, 3.8) is 0 Å². The molecule has 0 bridgehead atoms. The number of nitrogens with zero attached hydrogens (tertiary/aromatic N) is 1. The van der Waals surface area contributed by atoms with Crippen molar-refractivity contribution >= 4 is 17.9 Å². The molecule has 10 heteroatoms. The van der Waals surface area contributed by atoms with Crippen molar-refractivity contribution in [2.75, 3.05) is 72.6 Å². The summed E-state index contributed by atoms with van der Waals surface area (Å²) in [6, 6.07) is 16.4. The molecular weight excluding hydrogens is 504 g/mol. The van der Waals surface area contributed by atoms with E-state index in [1.807, 2.05) is 24.3 Å². The zero-order valence-corrected chi connectivity index (χ0v) is 21.8. The van der Waals surface area contributed by atoms with Crippen molar-refractivity contribution in [2.45, 2.75) is 5.92 Å². The number of nitrogens with one attached hydrogen (secondary N) is 1. The molecule has 1 heterocycles. The number of carbonyl (C=O) groups excluding carboxylic acids is 3. The van der Waals surface area contributed by atoms with Crippen molar-refractivity contribution < 1.29 is 38.1 Å². The number of amides is 3. The highest BCUT2D eigenvalue weighted by atomic mass is 16.6. The van der Waals surface area contributed by atoms with Crippen LogP contribution < -0.4 is 5.32 Å². The molecule has 0 fully saturated rings. The van der Waals surface area contributed by atoms with Crippen LogP contribution in [0.3, 0.4) is 0 Å². The number of fused-ring (bicyclic) bond motifs is 3. The van der Waals surface area contributed by atoms with Gasteiger partial charge in [0.25, 0.3) is 11.8 Å². The zero-order valence-electron chi connectivity index (χ0n) is 21.8. The predicted molar refractivity (Wildman–Crippen MR) is 142 cm³/mol. The van der Waals surface area contributed by atoms with E-state index in [-0.39, 0.29) is 37.5 Å². The predicted octanol–water partition coefficient (Wildman–Crippen LogP) is 2.52. The Bertz CT molecular complexity index is 1090. The van der Waals surface area contributed by atoms with Gasteiger partial charge < -0.3 is 29.0 Å². The standard InChI is InChI=1S/C29H34N2O8/c32-27-9-10-28(33)31(27)12-14-36-16-18-38-20-19-37-17-15-35-13-11-30-29(34)39-21-26-24-7-3-1-5-22(24)23-6-2-4-8-25(23)26/h1-10,26H,11-21H2,(H,30,34). The second kappa shape index (κ2) is 15.1. The molecule has 0 unspecified atom stereocenters. The number of benzene rings is 2. The number of hydrogen-bond acceptors (Lipinski definition) is 8. The van der Waals surface area contributed by atoms with Crippen molar-refractivity contribution in [2.24, 2.45) is 0 Å². The van der Waals surface area contributed by atoms with Gasteiger partial charge in [0.15, 0.2) is 0 Å². The molecule has 1 aliphatic carbocycles. The molecule has 2 aromatic carbocycles. The second-order valence-corrected chi connectivity index (χ2v) is 8.86. The Kier molecular flexibility index (Phi) is 11.0. The summed E-state index contributed by atoms with van der Waals surface area (Å²) in [7, 11) is 0. The largest absolute Gasteiger partial charge is 0.449 e. The minimum absolute atomic E-state index is 0.0319. The Morgan fingerprint density at radius 2 is 1.18 bits per heavy atom. The van der Waals surface area contributed by atoms with Gasteiger partial charge in [0, 0.05) is 24.6 Å². The van der Waals surface area contributed by atoms with Gasteiger partial charge in [-0.05, 0) is 22.3 Å². The summed E-state index contributed by atoms with van der Waals surface area (Å²) < 4.78 is 27.2. The molecule has 4 rings (SSSR count). The molecule has 10 nitrogen and oxygen atoms in total. The van der Waals surface area contributed by atoms with Crippen LogP contribution in [0.5, 0.6) is 0 Å². The highest BCUT2D eigenvalue weighted by Gasteiger charge is 2.29. The van der Waals surface area contributed by atoms with E-state index in [1.165, 1.54) is 34.4 Å². The number of carbonyl (C=O) groups is 3. The maximum Gasteiger partial charge on any atom is 0.407 e. The first-order valence-corrected chi connectivity index (χ1v) is 13.1. The lowest BCUT2D eigenvalue weighted by Crippen LogP contribution is -2.33. The van der Waals surface area contributed by atoms with Crippen LogP contribution in [0.2, 0.25) is 0 Å². The number of alkyl carbamates (subject to hydrolysis) is 1. The van der Waals surface area contributed by atoms with Gasteiger partial charge in [0.1, 0.15) is 6.61 Å². The molecule has 0 radical (unpaired) electrons. The highest BCUT2D eigenvalue weighted by molar-refractivity contribution is 6.12. The zero-order chi connectivity index (χ0) is 27.3. The maximum absolute atomic E-state index is 12.2. The van der Waals surface area contributed by atoms with Gasteiger partial charge in [-0.1, -0.05) is 48.5 Å². The lowest BCUT2D eigenvalue weighted by atomic mass is 9.98. The van der Waals surface area contributed by atoms with E-state index < -0.39 is 6.09 Å². The van der Waals surface area contributed by atoms with Gasteiger partial charge in [-0.15, -0.1) is 0 Å². The van der Waals surface area contributed by atoms with Crippen LogP contribution in [0.25, 0.3) is 11.1 Å². The van der Waals surface area contributed by atoms with Crippen molar-refractivity contribution in [1.82, 2.24) is 10.2 Å². The Morgan fingerprint density at radius 1 is 0.692 bits per heavy atom. The summed E-state index contributed by atoms with van der Waals surface area (Å²) in [6.45, 7) is 3.88. The summed E-state index contributed by atoms with van der Waals surface area (Å²) in [5.74, 6) is -0.592. The van der Waals surface area contributed by atoms with E-state index in [0.717, 1.165) is 4.90 Å². The first kappa shape index (κ1) is 28.4. The van der Waals surface area contributed by atoms with E-state index in [9.17, 15) is 14.4 Å². The Balaban J connectivity index is 0.944. The van der Waals surface area contributed by atoms with Gasteiger partial charge in [0.05, 0.1) is 59.4 Å². The summed E-state index contributed by atoms with van der Waals surface area (Å²) >= 11 is 0. The minimum atomic E-state index is -0.465. The first-order chi connectivity index (χ1) is 19.1. The highest BCUT2D eigenvalue weighted by Crippen LogP contribution is 2.44. The average Bonchev–Trinajstić information content (AvgIpc) is 3.45. The SMILES string of the molecule is O=C(NCCOCCOCCOCCOCCN1C(=O)C=CC1=O)OCC1c2ccccc2-c2ccccc21. The van der Waals surface area contributed by atoms with Crippen LogP contribution >= 0.6 is 0 Å². The van der Waals surface area contributed by atoms with Gasteiger partial charge in [-0.2, -0.15) is 0 Å². The van der Waals surface area contributed by atoms with E-state index in [4.69, 9.17) is 23.7 Å². The summed E-state index contributed by atoms with van der Waals surface area (Å²) in [5.41, 5.74) is 4.74. The minimum Gasteiger partial charge on any atom is -0.449 e. The van der Waals surface area contributed by atoms with Gasteiger partial charge in [-0.3, -0.25) is 14.5 Å². The van der Waals surface area contributed by atoms with Crippen LogP contribution in [0.1, 0.15) is 17.0 Å². The quantitative estimate of drug-likeness (QED) is 0.242. The molecule has 0 saturated carbocycles. The molecule has 0 aromatic heterocycles. The topological polar surface area (TPSA) is 113 Å². The maximum atomic E-state index is 12.2. The number of hydrogen-bond donors (Lipinski definition) is 1. The molecule has 39 heavy (non-hydrogen) atoms. The number of ether oxygens (including phenoxy) is 5. The van der Waals surface area contributed by atoms with Crippen LogP contribution in [0.15, 0.2) is 60.7 Å². The fourth-order valence-corrected chi connectivity index (χ4v) is 4.44. The van der Waals surface area contributed by atoms with E-state index >= 15 is 0 Å². The van der Waals surface area contributed by atoms with Crippen LogP contribution in [0.4, 0.5) is 4.79 Å². The van der Waals surface area contributed by atoms with Crippen LogP contribution in [0, 0.1) is 0 Å². The average molecular weight is 539 g/mol. The normalized spacial score (nSPS) is 14.1. The molecule has 0 spiro atoms. The summed E-state index contributed by atoms with van der Waals surface area (Å²) in [6.07, 6.45) is 2.04. The Hall–Kier alpha value is -3.57. The summed E-state index contributed by atoms with van der Waals surface area (Å²) in [5, 5.41) is 2.72. The van der Waals surface area contributed by atoms with E-state index in [0.29, 0.717) is 52.8 Å². The smallest absolute Gasteiger partial charge is 0.407 e. The second-order valence-electron chi connectivity index (χ2n) is 8.86. The molecule has 208 valence electrons. The number of imide groups is 1. The Labute approximate surface area is 227 Å². The Morgan fingerprint density at radius 3 is 1.74 bits per heavy atom. The molecule has 2 aliphatic rings. The molecule has 1 N–H and O–H groups in total. The molecule has 0 saturated heterocycles. The summed E-state index contributed by atoms with van der Waals surface area (Å²) in [4.78, 5) is 36.1. The molecule has 1 aliphatic heterocycles. The number of rotatable bonds is 17. The van der Waals surface area contributed by atoms with Crippen molar-refractivity contribution in [3.8, 4) is 11.1 Å². The fraction of sp³-hybridized carbons (Fsp3) is 0.414. The van der Waals surface area contributed by atoms with E-state index in [2.05, 4.69) is 29.6 Å². The van der Waals surface area contributed by atoms with Gasteiger partial charge >= 0.3 is 6.09 Å². The third-order valence-electron chi connectivity index (χ3n) is 6.34. The third kappa shape index (κ3) is 8.21. The lowest BCUT2D eigenvalue weighted by molar-refractivity contribution is -0.137. The van der Waals surface area contributed by atoms with Crippen LogP contribution in [-0.4, -0.2) is 95.4 Å². The van der Waals surface area contributed by atoms with Gasteiger partial charge in [-0.25, -0.2) is 4.79 Å². The molecule has 0 atom stereocenters. The van der Waals surface area contributed by atoms with Gasteiger partial charge in [0.2, 0.25) is 0 Å². The first-order valence-electron chi connectivity index (χ1n) is 13.1. The molecule has 2 aromatic rings. The van der Waals surface area contributed by atoms with Crippen molar-refractivity contribution in [3.05, 3.63) is 71.8 Å². The van der Waals surface area contributed by atoms with Crippen LogP contribution in [-0.2, 0) is 33.3 Å². The molecule has 3 amide bonds. The lowest BCUT2D eigenvalue weighted by Gasteiger charge is -2.14. The van der Waals surface area contributed by atoms with Crippen molar-refractivity contribution in [1.29, 1.82) is 0 Å². The molecular formula is C29H34N2O8.